The standard InChI is InChI=1S/C19H20N4O2S2/c1-12-7-3-5-9-15(12)26-11-17(24)22-23-18(25)13(2)20-19-21-14-8-4-6-10-16(14)27-19/h3-10,13H,11H2,1-2H3,(H,20,21)(H,22,24)(H,23,25). The monoisotopic (exact) mass is 400 g/mol. The quantitative estimate of drug-likeness (QED) is 0.437. The SMILES string of the molecule is Cc1ccccc1SCC(=O)NNC(=O)C(C)Nc1nc2ccccc2s1. The number of hydrazine groups is 1. The van der Waals surface area contributed by atoms with Gasteiger partial charge in [-0.15, -0.1) is 11.8 Å². The van der Waals surface area contributed by atoms with Crippen molar-refractivity contribution < 1.29 is 9.59 Å². The van der Waals surface area contributed by atoms with Crippen molar-refractivity contribution in [1.82, 2.24) is 15.8 Å². The molecule has 0 spiro atoms. The average molecular weight is 401 g/mol. The van der Waals surface area contributed by atoms with E-state index in [0.29, 0.717) is 5.13 Å². The summed E-state index contributed by atoms with van der Waals surface area (Å²) in [5, 5.41) is 3.73. The summed E-state index contributed by atoms with van der Waals surface area (Å²) < 4.78 is 1.05. The van der Waals surface area contributed by atoms with Crippen LogP contribution in [0, 0.1) is 6.92 Å². The lowest BCUT2D eigenvalue weighted by Gasteiger charge is -2.14. The van der Waals surface area contributed by atoms with E-state index in [9.17, 15) is 9.59 Å². The van der Waals surface area contributed by atoms with Gasteiger partial charge in [-0.3, -0.25) is 20.4 Å². The second kappa shape index (κ2) is 8.88. The predicted molar refractivity (Wildman–Crippen MR) is 111 cm³/mol. The van der Waals surface area contributed by atoms with Crippen LogP contribution >= 0.6 is 23.1 Å². The van der Waals surface area contributed by atoms with Gasteiger partial charge in [0, 0.05) is 4.90 Å². The summed E-state index contributed by atoms with van der Waals surface area (Å²) in [6.07, 6.45) is 0. The Balaban J connectivity index is 1.45. The van der Waals surface area contributed by atoms with Gasteiger partial charge in [-0.05, 0) is 37.6 Å². The molecule has 1 atom stereocenters. The highest BCUT2D eigenvalue weighted by Crippen LogP contribution is 2.25. The molecule has 0 aliphatic rings. The van der Waals surface area contributed by atoms with Gasteiger partial charge in [0.25, 0.3) is 5.91 Å². The highest BCUT2D eigenvalue weighted by molar-refractivity contribution is 8.00. The van der Waals surface area contributed by atoms with Gasteiger partial charge in [-0.2, -0.15) is 0 Å². The first-order chi connectivity index (χ1) is 13.0. The van der Waals surface area contributed by atoms with Crippen LogP contribution in [0.15, 0.2) is 53.4 Å². The topological polar surface area (TPSA) is 83.1 Å². The molecule has 3 rings (SSSR count). The third-order valence-corrected chi connectivity index (χ3v) is 5.95. The van der Waals surface area contributed by atoms with Gasteiger partial charge in [0.1, 0.15) is 6.04 Å². The maximum Gasteiger partial charge on any atom is 0.260 e. The minimum absolute atomic E-state index is 0.227. The molecular formula is C19H20N4O2S2. The molecule has 3 N–H and O–H groups in total. The Bertz CT molecular complexity index is 925. The number of nitrogens with zero attached hydrogens (tertiary/aromatic N) is 1. The van der Waals surface area contributed by atoms with E-state index in [2.05, 4.69) is 21.2 Å². The summed E-state index contributed by atoms with van der Waals surface area (Å²) in [7, 11) is 0. The van der Waals surface area contributed by atoms with Crippen molar-refractivity contribution in [2.75, 3.05) is 11.1 Å². The number of aryl methyl sites for hydroxylation is 1. The zero-order valence-corrected chi connectivity index (χ0v) is 16.6. The lowest BCUT2D eigenvalue weighted by atomic mass is 10.2. The van der Waals surface area contributed by atoms with Crippen LogP contribution in [0.4, 0.5) is 5.13 Å². The first-order valence-corrected chi connectivity index (χ1v) is 10.2. The summed E-state index contributed by atoms with van der Waals surface area (Å²) >= 11 is 2.91. The van der Waals surface area contributed by atoms with Gasteiger partial charge < -0.3 is 5.32 Å². The summed E-state index contributed by atoms with van der Waals surface area (Å²) in [5.74, 6) is -0.363. The van der Waals surface area contributed by atoms with Crippen LogP contribution in [0.1, 0.15) is 12.5 Å². The van der Waals surface area contributed by atoms with Crippen molar-refractivity contribution in [2.45, 2.75) is 24.8 Å². The van der Waals surface area contributed by atoms with Gasteiger partial charge in [0.05, 0.1) is 16.0 Å². The lowest BCUT2D eigenvalue weighted by molar-refractivity contribution is -0.127. The maximum absolute atomic E-state index is 12.2. The van der Waals surface area contributed by atoms with Crippen LogP contribution in [0.25, 0.3) is 10.2 Å². The van der Waals surface area contributed by atoms with Crippen LogP contribution < -0.4 is 16.2 Å². The Hall–Kier alpha value is -2.58. The van der Waals surface area contributed by atoms with E-state index in [-0.39, 0.29) is 17.6 Å². The molecule has 140 valence electrons. The predicted octanol–water partition coefficient (Wildman–Crippen LogP) is 3.34. The fourth-order valence-electron chi connectivity index (χ4n) is 2.32. The molecule has 0 aliphatic carbocycles. The first-order valence-electron chi connectivity index (χ1n) is 8.42. The highest BCUT2D eigenvalue weighted by Gasteiger charge is 2.15. The number of amides is 2. The molecule has 0 aliphatic heterocycles. The van der Waals surface area contributed by atoms with Crippen molar-refractivity contribution in [3.63, 3.8) is 0 Å². The molecule has 0 radical (unpaired) electrons. The number of benzene rings is 2. The van der Waals surface area contributed by atoms with Crippen molar-refractivity contribution in [2.24, 2.45) is 0 Å². The Morgan fingerprint density at radius 1 is 1.11 bits per heavy atom. The minimum atomic E-state index is -0.533. The van der Waals surface area contributed by atoms with Gasteiger partial charge >= 0.3 is 0 Å². The lowest BCUT2D eigenvalue weighted by Crippen LogP contribution is -2.48. The van der Waals surface area contributed by atoms with E-state index in [1.54, 1.807) is 6.92 Å². The highest BCUT2D eigenvalue weighted by atomic mass is 32.2. The Kier molecular flexibility index (Phi) is 6.31. The molecule has 2 aromatic carbocycles. The van der Waals surface area contributed by atoms with Gasteiger partial charge in [-0.25, -0.2) is 4.98 Å². The molecule has 2 amide bonds. The smallest absolute Gasteiger partial charge is 0.260 e. The van der Waals surface area contributed by atoms with E-state index < -0.39 is 6.04 Å². The Morgan fingerprint density at radius 3 is 2.63 bits per heavy atom. The molecule has 1 unspecified atom stereocenters. The van der Waals surface area contributed by atoms with Crippen molar-refractivity contribution in [3.05, 3.63) is 54.1 Å². The minimum Gasteiger partial charge on any atom is -0.350 e. The van der Waals surface area contributed by atoms with Gasteiger partial charge in [0.15, 0.2) is 5.13 Å². The number of para-hydroxylation sites is 1. The second-order valence-electron chi connectivity index (χ2n) is 5.94. The fraction of sp³-hybridized carbons (Fsp3) is 0.211. The van der Waals surface area contributed by atoms with Crippen molar-refractivity contribution >= 4 is 50.3 Å². The number of thioether (sulfide) groups is 1. The number of nitrogens with one attached hydrogen (secondary N) is 3. The van der Waals surface area contributed by atoms with E-state index in [1.807, 2.05) is 55.5 Å². The van der Waals surface area contributed by atoms with Crippen LogP contribution in [-0.2, 0) is 9.59 Å². The zero-order valence-electron chi connectivity index (χ0n) is 15.0. The zero-order chi connectivity index (χ0) is 19.2. The molecule has 0 bridgehead atoms. The molecule has 0 saturated carbocycles. The van der Waals surface area contributed by atoms with Gasteiger partial charge in [0.2, 0.25) is 5.91 Å². The Morgan fingerprint density at radius 2 is 1.85 bits per heavy atom. The molecule has 6 nitrogen and oxygen atoms in total. The van der Waals surface area contributed by atoms with Gasteiger partial charge in [-0.1, -0.05) is 41.7 Å². The molecule has 3 aromatic rings. The number of hydrogen-bond donors (Lipinski definition) is 3. The number of aromatic nitrogens is 1. The largest absolute Gasteiger partial charge is 0.350 e. The van der Waals surface area contributed by atoms with Crippen LogP contribution in [0.5, 0.6) is 0 Å². The van der Waals surface area contributed by atoms with E-state index >= 15 is 0 Å². The normalized spacial score (nSPS) is 11.8. The summed E-state index contributed by atoms with van der Waals surface area (Å²) in [6.45, 7) is 3.72. The molecular weight excluding hydrogens is 380 g/mol. The van der Waals surface area contributed by atoms with E-state index in [0.717, 1.165) is 20.7 Å². The Labute approximate surface area is 165 Å². The summed E-state index contributed by atoms with van der Waals surface area (Å²) in [4.78, 5) is 29.6. The van der Waals surface area contributed by atoms with Crippen LogP contribution in [-0.4, -0.2) is 28.6 Å². The number of anilines is 1. The molecule has 1 heterocycles. The molecule has 0 saturated heterocycles. The third-order valence-electron chi connectivity index (χ3n) is 3.80. The molecule has 0 fully saturated rings. The second-order valence-corrected chi connectivity index (χ2v) is 7.99. The van der Waals surface area contributed by atoms with E-state index in [1.165, 1.54) is 23.1 Å². The number of rotatable bonds is 6. The van der Waals surface area contributed by atoms with E-state index in [4.69, 9.17) is 0 Å². The third kappa shape index (κ3) is 5.21. The van der Waals surface area contributed by atoms with Crippen molar-refractivity contribution in [3.8, 4) is 0 Å². The van der Waals surface area contributed by atoms with Crippen molar-refractivity contribution in [1.29, 1.82) is 0 Å². The molecule has 1 aromatic heterocycles. The first kappa shape index (κ1) is 19.2. The van der Waals surface area contributed by atoms with Crippen LogP contribution in [0.2, 0.25) is 0 Å². The molecule has 8 heteroatoms. The summed E-state index contributed by atoms with van der Waals surface area (Å²) in [6, 6.07) is 15.1. The van der Waals surface area contributed by atoms with Crippen LogP contribution in [0.3, 0.4) is 0 Å². The number of carbonyl (C=O) groups excluding carboxylic acids is 2. The number of hydrogen-bond acceptors (Lipinski definition) is 6. The average Bonchev–Trinajstić information content (AvgIpc) is 3.07. The summed E-state index contributed by atoms with van der Waals surface area (Å²) in [5.41, 5.74) is 6.91. The fourth-order valence-corrected chi connectivity index (χ4v) is 4.10. The molecule has 27 heavy (non-hydrogen) atoms. The number of fused-ring (bicyclic) bond motifs is 1. The maximum atomic E-state index is 12.2. The number of thiazole rings is 1. The number of carbonyl (C=O) groups is 2.